The molecular weight excluding hydrogens is 434 g/mol. The van der Waals surface area contributed by atoms with Crippen LogP contribution in [-0.2, 0) is 27.2 Å². The maximum absolute atomic E-state index is 12.5. The van der Waals surface area contributed by atoms with E-state index in [4.69, 9.17) is 9.47 Å². The van der Waals surface area contributed by atoms with Crippen molar-refractivity contribution in [3.63, 3.8) is 0 Å². The second kappa shape index (κ2) is 8.54. The van der Waals surface area contributed by atoms with Crippen LogP contribution in [0.2, 0.25) is 0 Å². The third-order valence-electron chi connectivity index (χ3n) is 5.41. The van der Waals surface area contributed by atoms with Gasteiger partial charge in [0.2, 0.25) is 0 Å². The van der Waals surface area contributed by atoms with Crippen LogP contribution in [0, 0.1) is 13.8 Å². The highest BCUT2D eigenvalue weighted by Gasteiger charge is 2.22. The van der Waals surface area contributed by atoms with Crippen LogP contribution in [0.3, 0.4) is 0 Å². The zero-order chi connectivity index (χ0) is 23.0. The first-order valence-corrected chi connectivity index (χ1v) is 10.8. The van der Waals surface area contributed by atoms with Crippen molar-refractivity contribution in [2.75, 3.05) is 19.0 Å². The van der Waals surface area contributed by atoms with Gasteiger partial charge in [0.15, 0.2) is 6.61 Å². The molecule has 0 fully saturated rings. The molecule has 0 spiro atoms. The first-order chi connectivity index (χ1) is 15.3. The van der Waals surface area contributed by atoms with Crippen molar-refractivity contribution in [3.05, 3.63) is 55.9 Å². The lowest BCUT2D eigenvalue weighted by atomic mass is 10.1. The standard InChI is InChI=1S/C22H21N3O6S/c1-11-12(2)32-19(18(11)22(29)30-3)24-17(26)10-31-21(28)13-6-7-14-15(9-13)23-16-5-4-8-25(16)20(14)27/h6-7,9H,4-5,8,10H2,1-3H3,(H,24,26). The number of aryl methyl sites for hydroxylation is 2. The molecule has 0 atom stereocenters. The Labute approximate surface area is 187 Å². The Kier molecular flexibility index (Phi) is 5.79. The van der Waals surface area contributed by atoms with Crippen molar-refractivity contribution >= 4 is 45.1 Å². The van der Waals surface area contributed by atoms with Crippen LogP contribution in [0.15, 0.2) is 23.0 Å². The van der Waals surface area contributed by atoms with E-state index in [1.165, 1.54) is 30.6 Å². The lowest BCUT2D eigenvalue weighted by Crippen LogP contribution is -2.22. The van der Waals surface area contributed by atoms with Gasteiger partial charge in [-0.15, -0.1) is 11.3 Å². The number of carbonyl (C=O) groups excluding carboxylic acids is 3. The molecule has 1 aliphatic rings. The summed E-state index contributed by atoms with van der Waals surface area (Å²) in [4.78, 5) is 54.7. The Morgan fingerprint density at radius 3 is 2.75 bits per heavy atom. The van der Waals surface area contributed by atoms with Crippen molar-refractivity contribution in [1.82, 2.24) is 9.55 Å². The molecule has 1 aromatic carbocycles. The molecule has 32 heavy (non-hydrogen) atoms. The van der Waals surface area contributed by atoms with Crippen molar-refractivity contribution in [1.29, 1.82) is 0 Å². The van der Waals surface area contributed by atoms with Crippen LogP contribution in [0.25, 0.3) is 10.9 Å². The molecule has 0 unspecified atom stereocenters. The SMILES string of the molecule is COC(=O)c1c(NC(=O)COC(=O)c2ccc3c(=O)n4c(nc3c2)CCC4)sc(C)c1C. The average molecular weight is 455 g/mol. The molecule has 1 aliphatic heterocycles. The first-order valence-electron chi connectivity index (χ1n) is 9.99. The van der Waals surface area contributed by atoms with Crippen molar-refractivity contribution < 1.29 is 23.9 Å². The summed E-state index contributed by atoms with van der Waals surface area (Å²) in [5, 5.41) is 3.38. The van der Waals surface area contributed by atoms with Crippen LogP contribution in [0.5, 0.6) is 0 Å². The number of aromatic nitrogens is 2. The first kappa shape index (κ1) is 21.7. The third kappa shape index (κ3) is 3.89. The Hall–Kier alpha value is -3.53. The number of amides is 1. The number of nitrogens with one attached hydrogen (secondary N) is 1. The number of anilines is 1. The fourth-order valence-electron chi connectivity index (χ4n) is 3.65. The van der Waals surface area contributed by atoms with Gasteiger partial charge in [0.1, 0.15) is 10.8 Å². The minimum atomic E-state index is -0.712. The van der Waals surface area contributed by atoms with E-state index in [9.17, 15) is 19.2 Å². The lowest BCUT2D eigenvalue weighted by molar-refractivity contribution is -0.119. The van der Waals surface area contributed by atoms with Crippen LogP contribution < -0.4 is 10.9 Å². The summed E-state index contributed by atoms with van der Waals surface area (Å²) in [6, 6.07) is 4.53. The molecule has 3 aromatic rings. The van der Waals surface area contributed by atoms with Crippen molar-refractivity contribution in [2.24, 2.45) is 0 Å². The largest absolute Gasteiger partial charge is 0.465 e. The Morgan fingerprint density at radius 1 is 1.22 bits per heavy atom. The summed E-state index contributed by atoms with van der Waals surface area (Å²) in [5.74, 6) is -1.14. The second-order valence-corrected chi connectivity index (χ2v) is 8.65. The molecule has 9 nitrogen and oxygen atoms in total. The van der Waals surface area contributed by atoms with Gasteiger partial charge in [0, 0.05) is 17.8 Å². The number of esters is 2. The summed E-state index contributed by atoms with van der Waals surface area (Å²) < 4.78 is 11.6. The van der Waals surface area contributed by atoms with E-state index in [-0.39, 0.29) is 16.7 Å². The molecule has 0 aliphatic carbocycles. The molecule has 10 heteroatoms. The summed E-state index contributed by atoms with van der Waals surface area (Å²) in [6.07, 6.45) is 1.58. The quantitative estimate of drug-likeness (QED) is 0.588. The number of ether oxygens (including phenoxy) is 2. The number of benzene rings is 1. The van der Waals surface area contributed by atoms with E-state index in [0.29, 0.717) is 28.3 Å². The number of hydrogen-bond donors (Lipinski definition) is 1. The topological polar surface area (TPSA) is 117 Å². The highest BCUT2D eigenvalue weighted by atomic mass is 32.1. The van der Waals surface area contributed by atoms with Crippen LogP contribution in [0.4, 0.5) is 5.00 Å². The van der Waals surface area contributed by atoms with E-state index in [1.54, 1.807) is 17.6 Å². The minimum Gasteiger partial charge on any atom is -0.465 e. The van der Waals surface area contributed by atoms with E-state index >= 15 is 0 Å². The normalized spacial score (nSPS) is 12.5. The molecule has 0 bridgehead atoms. The summed E-state index contributed by atoms with van der Waals surface area (Å²) in [5.41, 5.74) is 1.51. The van der Waals surface area contributed by atoms with Gasteiger partial charge < -0.3 is 14.8 Å². The van der Waals surface area contributed by atoms with Gasteiger partial charge >= 0.3 is 11.9 Å². The van der Waals surface area contributed by atoms with Crippen LogP contribution >= 0.6 is 11.3 Å². The molecule has 1 N–H and O–H groups in total. The highest BCUT2D eigenvalue weighted by Crippen LogP contribution is 2.32. The number of fused-ring (bicyclic) bond motifs is 2. The van der Waals surface area contributed by atoms with Gasteiger partial charge in [-0.3, -0.25) is 14.2 Å². The van der Waals surface area contributed by atoms with Gasteiger partial charge in [-0.1, -0.05) is 0 Å². The number of hydrogen-bond acceptors (Lipinski definition) is 8. The Balaban J connectivity index is 1.46. The van der Waals surface area contributed by atoms with Gasteiger partial charge in [-0.05, 0) is 44.0 Å². The zero-order valence-electron chi connectivity index (χ0n) is 17.8. The maximum atomic E-state index is 12.5. The fraction of sp³-hybridized carbons (Fsp3) is 0.318. The summed E-state index contributed by atoms with van der Waals surface area (Å²) in [6.45, 7) is 3.71. The van der Waals surface area contributed by atoms with E-state index in [0.717, 1.165) is 23.3 Å². The monoisotopic (exact) mass is 455 g/mol. The zero-order valence-corrected chi connectivity index (χ0v) is 18.6. The molecule has 2 aromatic heterocycles. The second-order valence-electron chi connectivity index (χ2n) is 7.42. The van der Waals surface area contributed by atoms with Gasteiger partial charge in [-0.25, -0.2) is 14.6 Å². The molecule has 1 amide bonds. The van der Waals surface area contributed by atoms with Crippen molar-refractivity contribution in [3.8, 4) is 0 Å². The Bertz CT molecular complexity index is 1320. The van der Waals surface area contributed by atoms with E-state index in [1.807, 2.05) is 6.92 Å². The number of rotatable bonds is 5. The average Bonchev–Trinajstić information content (AvgIpc) is 3.35. The number of nitrogens with zero attached hydrogens (tertiary/aromatic N) is 2. The van der Waals surface area contributed by atoms with Gasteiger partial charge in [-0.2, -0.15) is 0 Å². The van der Waals surface area contributed by atoms with E-state index < -0.39 is 24.5 Å². The molecule has 4 rings (SSSR count). The Morgan fingerprint density at radius 2 is 2.00 bits per heavy atom. The van der Waals surface area contributed by atoms with Crippen LogP contribution in [-0.4, -0.2) is 41.1 Å². The molecular formula is C22H21N3O6S. The predicted octanol–water partition coefficient (Wildman–Crippen LogP) is 2.60. The molecule has 3 heterocycles. The summed E-state index contributed by atoms with van der Waals surface area (Å²) in [7, 11) is 1.27. The number of carbonyl (C=O) groups is 3. The number of methoxy groups -OCH3 is 1. The molecule has 166 valence electrons. The van der Waals surface area contributed by atoms with Gasteiger partial charge in [0.25, 0.3) is 11.5 Å². The lowest BCUT2D eigenvalue weighted by Gasteiger charge is -2.08. The summed E-state index contributed by atoms with van der Waals surface area (Å²) >= 11 is 1.24. The van der Waals surface area contributed by atoms with Gasteiger partial charge in [0.05, 0.1) is 29.1 Å². The van der Waals surface area contributed by atoms with Crippen molar-refractivity contribution in [2.45, 2.75) is 33.2 Å². The van der Waals surface area contributed by atoms with E-state index in [2.05, 4.69) is 10.3 Å². The van der Waals surface area contributed by atoms with Crippen LogP contribution in [0.1, 0.15) is 43.4 Å². The minimum absolute atomic E-state index is 0.121. The molecule has 0 saturated heterocycles. The maximum Gasteiger partial charge on any atom is 0.341 e. The highest BCUT2D eigenvalue weighted by molar-refractivity contribution is 7.16. The molecule has 0 radical (unpaired) electrons. The molecule has 0 saturated carbocycles. The fourth-order valence-corrected chi connectivity index (χ4v) is 4.72. The predicted molar refractivity (Wildman–Crippen MR) is 118 cm³/mol. The third-order valence-corrected chi connectivity index (χ3v) is 6.54. The smallest absolute Gasteiger partial charge is 0.341 e. The number of thiophene rings is 1.